The molecule has 0 unspecified atom stereocenters. The van der Waals surface area contributed by atoms with E-state index in [1.165, 1.54) is 42.2 Å². The summed E-state index contributed by atoms with van der Waals surface area (Å²) in [5, 5.41) is 17.1. The number of carbonyl (C=O) groups is 2. The van der Waals surface area contributed by atoms with E-state index in [0.717, 1.165) is 5.56 Å². The Labute approximate surface area is 160 Å². The Morgan fingerprint density at radius 1 is 1.07 bits per heavy atom. The zero-order valence-electron chi connectivity index (χ0n) is 14.5. The summed E-state index contributed by atoms with van der Waals surface area (Å²) in [6.45, 7) is 1.96. The van der Waals surface area contributed by atoms with Crippen LogP contribution in [0.1, 0.15) is 11.1 Å². The van der Waals surface area contributed by atoms with E-state index >= 15 is 0 Å². The van der Waals surface area contributed by atoms with Crippen molar-refractivity contribution in [2.45, 2.75) is 6.92 Å². The second-order valence-electron chi connectivity index (χ2n) is 5.55. The number of hydrazone groups is 1. The van der Waals surface area contributed by atoms with E-state index in [9.17, 15) is 19.7 Å². The number of nitro benzene ring substituents is 1. The maximum absolute atomic E-state index is 11.8. The first kappa shape index (κ1) is 20.1. The lowest BCUT2D eigenvalue weighted by atomic mass is 10.2. The molecular formula is C18H18N4O4S. The number of hydrogen-bond donors (Lipinski definition) is 2. The van der Waals surface area contributed by atoms with Crippen molar-refractivity contribution in [2.75, 3.05) is 16.8 Å². The average Bonchev–Trinajstić information content (AvgIpc) is 2.64. The van der Waals surface area contributed by atoms with Crippen LogP contribution in [0.3, 0.4) is 0 Å². The zero-order chi connectivity index (χ0) is 19.6. The fourth-order valence-electron chi connectivity index (χ4n) is 1.96. The Morgan fingerprint density at radius 3 is 2.33 bits per heavy atom. The van der Waals surface area contributed by atoms with Crippen LogP contribution in [0, 0.1) is 17.0 Å². The van der Waals surface area contributed by atoms with Crippen LogP contribution in [0.5, 0.6) is 0 Å². The molecule has 0 heterocycles. The average molecular weight is 386 g/mol. The maximum atomic E-state index is 11.8. The number of nitrogens with zero attached hydrogens (tertiary/aromatic N) is 2. The number of nitro groups is 1. The van der Waals surface area contributed by atoms with Crippen LogP contribution in [-0.2, 0) is 9.59 Å². The van der Waals surface area contributed by atoms with E-state index in [-0.39, 0.29) is 29.0 Å². The number of thioether (sulfide) groups is 1. The van der Waals surface area contributed by atoms with Gasteiger partial charge in [0.25, 0.3) is 5.69 Å². The number of amides is 2. The maximum Gasteiger partial charge on any atom is 0.269 e. The van der Waals surface area contributed by atoms with Crippen molar-refractivity contribution in [3.8, 4) is 0 Å². The van der Waals surface area contributed by atoms with E-state index in [1.807, 2.05) is 31.2 Å². The molecule has 0 aliphatic carbocycles. The predicted molar refractivity (Wildman–Crippen MR) is 106 cm³/mol. The Morgan fingerprint density at radius 2 is 1.70 bits per heavy atom. The first-order chi connectivity index (χ1) is 12.9. The van der Waals surface area contributed by atoms with Crippen LogP contribution < -0.4 is 10.7 Å². The molecule has 2 amide bonds. The smallest absolute Gasteiger partial charge is 0.269 e. The highest BCUT2D eigenvalue weighted by Gasteiger charge is 2.06. The van der Waals surface area contributed by atoms with E-state index < -0.39 is 4.92 Å². The summed E-state index contributed by atoms with van der Waals surface area (Å²) in [4.78, 5) is 33.6. The lowest BCUT2D eigenvalue weighted by Gasteiger charge is -2.05. The highest BCUT2D eigenvalue weighted by Crippen LogP contribution is 2.11. The minimum atomic E-state index is -0.491. The summed E-state index contributed by atoms with van der Waals surface area (Å²) in [6, 6.07) is 13.2. The summed E-state index contributed by atoms with van der Waals surface area (Å²) < 4.78 is 0. The third-order valence-corrected chi connectivity index (χ3v) is 4.24. The topological polar surface area (TPSA) is 114 Å². The van der Waals surface area contributed by atoms with Gasteiger partial charge in [0.1, 0.15) is 0 Å². The number of aryl methyl sites for hydroxylation is 1. The Bertz CT molecular complexity index is 835. The fourth-order valence-corrected chi connectivity index (χ4v) is 2.57. The van der Waals surface area contributed by atoms with Gasteiger partial charge in [-0.3, -0.25) is 19.7 Å². The van der Waals surface area contributed by atoms with Crippen molar-refractivity contribution in [3.05, 3.63) is 69.8 Å². The van der Waals surface area contributed by atoms with Gasteiger partial charge in [0.05, 0.1) is 22.6 Å². The largest absolute Gasteiger partial charge is 0.325 e. The second-order valence-corrected chi connectivity index (χ2v) is 6.53. The van der Waals surface area contributed by atoms with Gasteiger partial charge in [0, 0.05) is 17.8 Å². The summed E-state index contributed by atoms with van der Waals surface area (Å²) in [6.07, 6.45) is 1.39. The molecule has 0 atom stereocenters. The molecule has 0 saturated heterocycles. The van der Waals surface area contributed by atoms with Crippen molar-refractivity contribution in [1.82, 2.24) is 5.43 Å². The van der Waals surface area contributed by atoms with Crippen LogP contribution >= 0.6 is 11.8 Å². The van der Waals surface area contributed by atoms with Crippen molar-refractivity contribution >= 4 is 41.2 Å². The molecule has 0 aromatic heterocycles. The number of benzene rings is 2. The van der Waals surface area contributed by atoms with Gasteiger partial charge in [0.2, 0.25) is 11.8 Å². The zero-order valence-corrected chi connectivity index (χ0v) is 15.4. The summed E-state index contributed by atoms with van der Waals surface area (Å²) in [5.74, 6) is -0.306. The van der Waals surface area contributed by atoms with E-state index in [1.54, 1.807) is 0 Å². The number of nitrogens with one attached hydrogen (secondary N) is 2. The first-order valence-corrected chi connectivity index (χ1v) is 9.10. The van der Waals surface area contributed by atoms with Gasteiger partial charge >= 0.3 is 0 Å². The molecule has 27 heavy (non-hydrogen) atoms. The summed E-state index contributed by atoms with van der Waals surface area (Å²) in [7, 11) is 0. The molecular weight excluding hydrogens is 368 g/mol. The molecule has 9 heteroatoms. The second kappa shape index (κ2) is 10.1. The molecule has 140 valence electrons. The number of carbonyl (C=O) groups excluding carboxylic acids is 2. The summed E-state index contributed by atoms with van der Waals surface area (Å²) in [5.41, 5.74) is 4.76. The third-order valence-electron chi connectivity index (χ3n) is 3.31. The lowest BCUT2D eigenvalue weighted by molar-refractivity contribution is -0.384. The number of rotatable bonds is 8. The predicted octanol–water partition coefficient (Wildman–Crippen LogP) is 2.73. The minimum Gasteiger partial charge on any atom is -0.325 e. The van der Waals surface area contributed by atoms with Gasteiger partial charge in [-0.25, -0.2) is 5.43 Å². The van der Waals surface area contributed by atoms with Gasteiger partial charge in [-0.1, -0.05) is 17.7 Å². The van der Waals surface area contributed by atoms with Crippen LogP contribution in [0.15, 0.2) is 53.6 Å². The van der Waals surface area contributed by atoms with Gasteiger partial charge < -0.3 is 5.32 Å². The molecule has 0 bridgehead atoms. The van der Waals surface area contributed by atoms with Gasteiger partial charge in [-0.05, 0) is 36.8 Å². The van der Waals surface area contributed by atoms with E-state index in [4.69, 9.17) is 0 Å². The SMILES string of the molecule is Cc1ccc(NC(=O)CSCC(=O)N/N=C/c2ccc([N+](=O)[O-])cc2)cc1. The van der Waals surface area contributed by atoms with Crippen LogP contribution in [-0.4, -0.2) is 34.5 Å². The molecule has 2 aromatic carbocycles. The molecule has 0 spiro atoms. The molecule has 2 N–H and O–H groups in total. The fraction of sp³-hybridized carbons (Fsp3) is 0.167. The monoisotopic (exact) mass is 386 g/mol. The van der Waals surface area contributed by atoms with Crippen LogP contribution in [0.2, 0.25) is 0 Å². The molecule has 0 fully saturated rings. The molecule has 0 saturated carbocycles. The quantitative estimate of drug-likeness (QED) is 0.411. The van der Waals surface area contributed by atoms with Crippen molar-refractivity contribution in [2.24, 2.45) is 5.10 Å². The number of non-ortho nitro benzene ring substituents is 1. The third kappa shape index (κ3) is 7.28. The Hall–Kier alpha value is -3.20. The first-order valence-electron chi connectivity index (χ1n) is 7.94. The highest BCUT2D eigenvalue weighted by molar-refractivity contribution is 8.00. The van der Waals surface area contributed by atoms with Gasteiger partial charge in [-0.15, -0.1) is 11.8 Å². The van der Waals surface area contributed by atoms with Crippen molar-refractivity contribution in [1.29, 1.82) is 0 Å². The molecule has 0 aliphatic heterocycles. The van der Waals surface area contributed by atoms with Gasteiger partial charge in [0.15, 0.2) is 0 Å². The Kier molecular flexibility index (Phi) is 7.50. The van der Waals surface area contributed by atoms with Crippen LogP contribution in [0.4, 0.5) is 11.4 Å². The minimum absolute atomic E-state index is 0.0171. The molecule has 0 aliphatic rings. The molecule has 8 nitrogen and oxygen atoms in total. The summed E-state index contributed by atoms with van der Waals surface area (Å²) >= 11 is 1.17. The Balaban J connectivity index is 1.67. The number of anilines is 1. The molecule has 2 rings (SSSR count). The highest BCUT2D eigenvalue weighted by atomic mass is 32.2. The normalized spacial score (nSPS) is 10.6. The molecule has 2 aromatic rings. The van der Waals surface area contributed by atoms with E-state index in [0.29, 0.717) is 11.3 Å². The lowest BCUT2D eigenvalue weighted by Crippen LogP contribution is -2.21. The van der Waals surface area contributed by atoms with Crippen molar-refractivity contribution in [3.63, 3.8) is 0 Å². The van der Waals surface area contributed by atoms with Gasteiger partial charge in [-0.2, -0.15) is 5.10 Å². The van der Waals surface area contributed by atoms with E-state index in [2.05, 4.69) is 15.8 Å². The standard InChI is InChI=1S/C18H18N4O4S/c1-13-2-6-15(7-3-13)20-17(23)11-27-12-18(24)21-19-10-14-4-8-16(9-5-14)22(25)26/h2-10H,11-12H2,1H3,(H,20,23)(H,21,24)/b19-10+. The van der Waals surface area contributed by atoms with Crippen molar-refractivity contribution < 1.29 is 14.5 Å². The number of hydrogen-bond acceptors (Lipinski definition) is 6. The van der Waals surface area contributed by atoms with Crippen LogP contribution in [0.25, 0.3) is 0 Å². The molecule has 0 radical (unpaired) electrons.